The molecule has 0 bridgehead atoms. The molecule has 0 N–H and O–H groups in total. The lowest BCUT2D eigenvalue weighted by molar-refractivity contribution is -0.142. The molecule has 0 amide bonds. The Bertz CT molecular complexity index is 411. The van der Waals surface area contributed by atoms with E-state index < -0.39 is 0 Å². The van der Waals surface area contributed by atoms with Gasteiger partial charge in [0.2, 0.25) is 0 Å². The van der Waals surface area contributed by atoms with Crippen molar-refractivity contribution < 1.29 is 9.53 Å². The Morgan fingerprint density at radius 2 is 2.21 bits per heavy atom. The Balaban J connectivity index is 2.12. The van der Waals surface area contributed by atoms with E-state index >= 15 is 0 Å². The summed E-state index contributed by atoms with van der Waals surface area (Å²) < 4.78 is 5.09. The van der Waals surface area contributed by atoms with Crippen molar-refractivity contribution in [2.24, 2.45) is 5.92 Å². The Labute approximate surface area is 82.9 Å². The lowest BCUT2D eigenvalue weighted by atomic mass is 9.91. The molecular formula is C12H12O2. The van der Waals surface area contributed by atoms with Crippen LogP contribution in [0.25, 0.3) is 0 Å². The first-order valence-corrected chi connectivity index (χ1v) is 4.98. The normalized spacial score (nSPS) is 33.8. The molecule has 2 aliphatic rings. The Morgan fingerprint density at radius 1 is 1.43 bits per heavy atom. The summed E-state index contributed by atoms with van der Waals surface area (Å²) in [6, 6.07) is 8.12. The first kappa shape index (κ1) is 8.04. The van der Waals surface area contributed by atoms with Gasteiger partial charge < -0.3 is 4.74 Å². The van der Waals surface area contributed by atoms with Crippen LogP contribution in [0, 0.1) is 12.8 Å². The summed E-state index contributed by atoms with van der Waals surface area (Å²) in [7, 11) is 0. The highest BCUT2D eigenvalue weighted by Gasteiger charge is 2.67. The highest BCUT2D eigenvalue weighted by Crippen LogP contribution is 2.59. The van der Waals surface area contributed by atoms with Gasteiger partial charge in [-0.25, -0.2) is 0 Å². The molecule has 1 saturated heterocycles. The molecule has 0 aromatic heterocycles. The average molecular weight is 188 g/mol. The van der Waals surface area contributed by atoms with Crippen molar-refractivity contribution in [3.63, 3.8) is 0 Å². The quantitative estimate of drug-likeness (QED) is 0.628. The number of ether oxygens (including phenoxy) is 1. The summed E-state index contributed by atoms with van der Waals surface area (Å²) in [6.07, 6.45) is 0.983. The third-order valence-electron chi connectivity index (χ3n) is 3.51. The van der Waals surface area contributed by atoms with Gasteiger partial charge in [-0.1, -0.05) is 24.3 Å². The largest absolute Gasteiger partial charge is 0.465 e. The number of esters is 1. The number of carbonyl (C=O) groups excluding carboxylic acids is 1. The molecular weight excluding hydrogens is 176 g/mol. The molecule has 1 aliphatic carbocycles. The summed E-state index contributed by atoms with van der Waals surface area (Å²) in [5.74, 6) is 0.424. The molecule has 3 rings (SSSR count). The number of carbonyl (C=O) groups is 1. The van der Waals surface area contributed by atoms with Crippen LogP contribution in [0.4, 0.5) is 0 Å². The second kappa shape index (κ2) is 2.38. The predicted molar refractivity (Wildman–Crippen MR) is 51.9 cm³/mol. The van der Waals surface area contributed by atoms with Crippen LogP contribution in [0.15, 0.2) is 24.3 Å². The molecule has 1 aromatic carbocycles. The minimum absolute atomic E-state index is 0.0169. The van der Waals surface area contributed by atoms with E-state index in [1.165, 1.54) is 11.1 Å². The van der Waals surface area contributed by atoms with E-state index in [1.807, 2.05) is 12.1 Å². The summed E-state index contributed by atoms with van der Waals surface area (Å²) in [4.78, 5) is 11.7. The van der Waals surface area contributed by atoms with Gasteiger partial charge in [0, 0.05) is 5.92 Å². The van der Waals surface area contributed by atoms with Crippen molar-refractivity contribution >= 4 is 5.97 Å². The second-order valence-corrected chi connectivity index (χ2v) is 4.29. The Morgan fingerprint density at radius 3 is 2.79 bits per heavy atom. The monoisotopic (exact) mass is 188 g/mol. The van der Waals surface area contributed by atoms with Gasteiger partial charge in [-0.15, -0.1) is 0 Å². The predicted octanol–water partition coefficient (Wildman–Crippen LogP) is 1.81. The zero-order valence-electron chi connectivity index (χ0n) is 8.12. The van der Waals surface area contributed by atoms with E-state index in [0.717, 1.165) is 6.42 Å². The fraction of sp³-hybridized carbons (Fsp3) is 0.417. The van der Waals surface area contributed by atoms with Crippen LogP contribution < -0.4 is 0 Å². The average Bonchev–Trinajstić information content (AvgIpc) is 2.83. The first-order chi connectivity index (χ1) is 6.75. The smallest absolute Gasteiger partial charge is 0.317 e. The van der Waals surface area contributed by atoms with E-state index in [4.69, 9.17) is 4.74 Å². The van der Waals surface area contributed by atoms with Gasteiger partial charge in [0.25, 0.3) is 0 Å². The van der Waals surface area contributed by atoms with Gasteiger partial charge in [0.05, 0.1) is 12.0 Å². The number of cyclic esters (lactones) is 1. The molecule has 1 aliphatic heterocycles. The maximum absolute atomic E-state index is 11.7. The van der Waals surface area contributed by atoms with E-state index in [2.05, 4.69) is 19.1 Å². The molecule has 0 spiro atoms. The fourth-order valence-electron chi connectivity index (χ4n) is 2.60. The molecule has 0 radical (unpaired) electrons. The van der Waals surface area contributed by atoms with Crippen LogP contribution in [-0.4, -0.2) is 12.6 Å². The van der Waals surface area contributed by atoms with Gasteiger partial charge in [-0.05, 0) is 24.5 Å². The number of benzene rings is 1. The van der Waals surface area contributed by atoms with Crippen LogP contribution in [0.5, 0.6) is 0 Å². The van der Waals surface area contributed by atoms with Crippen LogP contribution in [0.2, 0.25) is 0 Å². The van der Waals surface area contributed by atoms with E-state index in [-0.39, 0.29) is 11.4 Å². The third-order valence-corrected chi connectivity index (χ3v) is 3.51. The molecule has 1 heterocycles. The summed E-state index contributed by atoms with van der Waals surface area (Å²) in [6.45, 7) is 2.68. The maximum Gasteiger partial charge on any atom is 0.317 e. The molecule has 2 nitrogen and oxygen atoms in total. The number of fused-ring (bicyclic) bond motifs is 1. The molecule has 2 fully saturated rings. The van der Waals surface area contributed by atoms with Gasteiger partial charge in [0.15, 0.2) is 0 Å². The lowest BCUT2D eigenvalue weighted by Crippen LogP contribution is -2.19. The molecule has 14 heavy (non-hydrogen) atoms. The van der Waals surface area contributed by atoms with E-state index in [0.29, 0.717) is 12.5 Å². The molecule has 2 unspecified atom stereocenters. The molecule has 2 atom stereocenters. The maximum atomic E-state index is 11.7. The SMILES string of the molecule is Cc1ccccc1C12CC1COC2=O. The topological polar surface area (TPSA) is 26.3 Å². The van der Waals surface area contributed by atoms with Crippen molar-refractivity contribution in [2.45, 2.75) is 18.8 Å². The van der Waals surface area contributed by atoms with Gasteiger partial charge >= 0.3 is 5.97 Å². The zero-order chi connectivity index (χ0) is 9.76. The van der Waals surface area contributed by atoms with Gasteiger partial charge in [-0.2, -0.15) is 0 Å². The number of aryl methyl sites for hydroxylation is 1. The van der Waals surface area contributed by atoms with Crippen molar-refractivity contribution in [1.29, 1.82) is 0 Å². The first-order valence-electron chi connectivity index (χ1n) is 4.98. The third kappa shape index (κ3) is 0.788. The van der Waals surface area contributed by atoms with Crippen LogP contribution >= 0.6 is 0 Å². The number of hydrogen-bond acceptors (Lipinski definition) is 2. The van der Waals surface area contributed by atoms with Crippen LogP contribution in [0.1, 0.15) is 17.5 Å². The molecule has 72 valence electrons. The zero-order valence-corrected chi connectivity index (χ0v) is 8.12. The fourth-order valence-corrected chi connectivity index (χ4v) is 2.60. The summed E-state index contributed by atoms with van der Waals surface area (Å²) in [5.41, 5.74) is 2.12. The van der Waals surface area contributed by atoms with Gasteiger partial charge in [-0.3, -0.25) is 4.79 Å². The van der Waals surface area contributed by atoms with Crippen LogP contribution in [0.3, 0.4) is 0 Å². The van der Waals surface area contributed by atoms with E-state index in [9.17, 15) is 4.79 Å². The minimum atomic E-state index is -0.259. The highest BCUT2D eigenvalue weighted by atomic mass is 16.5. The second-order valence-electron chi connectivity index (χ2n) is 4.29. The Hall–Kier alpha value is -1.31. The van der Waals surface area contributed by atoms with Crippen molar-refractivity contribution in [3.8, 4) is 0 Å². The lowest BCUT2D eigenvalue weighted by Gasteiger charge is -2.12. The van der Waals surface area contributed by atoms with Crippen molar-refractivity contribution in [3.05, 3.63) is 35.4 Å². The van der Waals surface area contributed by atoms with E-state index in [1.54, 1.807) is 0 Å². The highest BCUT2D eigenvalue weighted by molar-refractivity contribution is 5.90. The molecule has 1 aromatic rings. The molecule has 1 saturated carbocycles. The molecule has 2 heteroatoms. The summed E-state index contributed by atoms with van der Waals surface area (Å²) in [5, 5.41) is 0. The standard InChI is InChI=1S/C12H12O2/c1-8-4-2-3-5-10(8)12-6-9(12)7-14-11(12)13/h2-5,9H,6-7H2,1H3. The number of hydrogen-bond donors (Lipinski definition) is 0. The summed E-state index contributed by atoms with van der Waals surface area (Å²) >= 11 is 0. The van der Waals surface area contributed by atoms with Gasteiger partial charge in [0.1, 0.15) is 0 Å². The minimum Gasteiger partial charge on any atom is -0.465 e. The van der Waals surface area contributed by atoms with Crippen LogP contribution in [-0.2, 0) is 14.9 Å². The van der Waals surface area contributed by atoms with Crippen molar-refractivity contribution in [1.82, 2.24) is 0 Å². The van der Waals surface area contributed by atoms with Crippen molar-refractivity contribution in [2.75, 3.05) is 6.61 Å². The Kier molecular flexibility index (Phi) is 1.37. The number of rotatable bonds is 1.